The Bertz CT molecular complexity index is 1100. The fourth-order valence-electron chi connectivity index (χ4n) is 3.85. The molecule has 1 amide bonds. The van der Waals surface area contributed by atoms with Crippen LogP contribution in [0, 0.1) is 0 Å². The van der Waals surface area contributed by atoms with E-state index in [0.29, 0.717) is 30.5 Å². The number of carbonyl (C=O) groups is 1. The van der Waals surface area contributed by atoms with Crippen LogP contribution in [0.25, 0.3) is 10.9 Å². The number of H-pyrrole nitrogens is 1. The molecule has 2 aromatic heterocycles. The van der Waals surface area contributed by atoms with Gasteiger partial charge in [0.05, 0.1) is 12.5 Å². The molecular weight excluding hydrogens is 387 g/mol. The maximum Gasteiger partial charge on any atom is 0.451 e. The van der Waals surface area contributed by atoms with Crippen molar-refractivity contribution in [3.63, 3.8) is 0 Å². The maximum absolute atomic E-state index is 13.0. The van der Waals surface area contributed by atoms with Crippen molar-refractivity contribution >= 4 is 16.8 Å². The van der Waals surface area contributed by atoms with Crippen LogP contribution in [0.3, 0.4) is 0 Å². The van der Waals surface area contributed by atoms with Crippen molar-refractivity contribution in [1.82, 2.24) is 24.2 Å². The van der Waals surface area contributed by atoms with E-state index in [1.165, 1.54) is 0 Å². The summed E-state index contributed by atoms with van der Waals surface area (Å²) in [6, 6.07) is 7.26. The molecule has 0 bridgehead atoms. The molecule has 0 saturated carbocycles. The van der Waals surface area contributed by atoms with Crippen LogP contribution < -0.4 is 5.69 Å². The molecule has 0 radical (unpaired) electrons. The summed E-state index contributed by atoms with van der Waals surface area (Å²) in [4.78, 5) is 29.7. The van der Waals surface area contributed by atoms with Gasteiger partial charge in [-0.15, -0.1) is 5.10 Å². The number of hydrogen-bond acceptors (Lipinski definition) is 3. The van der Waals surface area contributed by atoms with Crippen molar-refractivity contribution in [2.45, 2.75) is 31.5 Å². The molecule has 1 aliphatic rings. The largest absolute Gasteiger partial charge is 0.451 e. The van der Waals surface area contributed by atoms with E-state index in [2.05, 4.69) is 10.1 Å². The fraction of sp³-hybridized carbons (Fsp3) is 0.421. The van der Waals surface area contributed by atoms with Crippen LogP contribution in [0.15, 0.2) is 35.3 Å². The first-order chi connectivity index (χ1) is 13.8. The zero-order valence-corrected chi connectivity index (χ0v) is 15.7. The number of likely N-dealkylation sites (tertiary alicyclic amines) is 1. The van der Waals surface area contributed by atoms with E-state index in [-0.39, 0.29) is 12.3 Å². The average molecular weight is 407 g/mol. The van der Waals surface area contributed by atoms with Gasteiger partial charge in [-0.1, -0.05) is 18.2 Å². The smallest absolute Gasteiger partial charge is 0.361 e. The summed E-state index contributed by atoms with van der Waals surface area (Å²) in [5.74, 6) is -1.25. The Hall–Kier alpha value is -3.04. The van der Waals surface area contributed by atoms with Crippen LogP contribution in [0.2, 0.25) is 0 Å². The highest BCUT2D eigenvalue weighted by molar-refractivity contribution is 5.88. The highest BCUT2D eigenvalue weighted by Crippen LogP contribution is 2.28. The number of carbonyl (C=O) groups excluding carboxylic acids is 1. The van der Waals surface area contributed by atoms with Crippen molar-refractivity contribution in [1.29, 1.82) is 0 Å². The number of benzene rings is 1. The second-order valence-electron chi connectivity index (χ2n) is 7.26. The first-order valence-electron chi connectivity index (χ1n) is 9.31. The minimum atomic E-state index is -4.69. The molecule has 154 valence electrons. The van der Waals surface area contributed by atoms with Gasteiger partial charge >= 0.3 is 11.9 Å². The van der Waals surface area contributed by atoms with Gasteiger partial charge < -0.3 is 9.88 Å². The summed E-state index contributed by atoms with van der Waals surface area (Å²) in [6.07, 6.45) is -1.85. The van der Waals surface area contributed by atoms with Gasteiger partial charge in [0, 0.05) is 37.2 Å². The summed E-state index contributed by atoms with van der Waals surface area (Å²) in [7, 11) is 1.06. The van der Waals surface area contributed by atoms with Gasteiger partial charge in [-0.3, -0.25) is 9.36 Å². The van der Waals surface area contributed by atoms with Crippen LogP contribution in [-0.2, 0) is 24.4 Å². The minimum Gasteiger partial charge on any atom is -0.361 e. The normalized spacial score (nSPS) is 15.9. The molecule has 3 aromatic rings. The zero-order chi connectivity index (χ0) is 20.8. The first-order valence-corrected chi connectivity index (χ1v) is 9.31. The van der Waals surface area contributed by atoms with E-state index >= 15 is 0 Å². The van der Waals surface area contributed by atoms with Gasteiger partial charge in [0.1, 0.15) is 0 Å². The van der Waals surface area contributed by atoms with Gasteiger partial charge in [-0.25, -0.2) is 9.48 Å². The van der Waals surface area contributed by atoms with E-state index in [9.17, 15) is 22.8 Å². The summed E-state index contributed by atoms with van der Waals surface area (Å²) < 4.78 is 40.4. The predicted molar refractivity (Wildman–Crippen MR) is 99.3 cm³/mol. The molecule has 3 heterocycles. The number of nitrogens with one attached hydrogen (secondary N) is 1. The first kappa shape index (κ1) is 19.3. The third-order valence-electron chi connectivity index (χ3n) is 5.44. The molecule has 7 nitrogen and oxygen atoms in total. The Morgan fingerprint density at radius 1 is 1.24 bits per heavy atom. The van der Waals surface area contributed by atoms with Crippen molar-refractivity contribution < 1.29 is 18.0 Å². The molecule has 4 rings (SSSR count). The molecule has 1 N–H and O–H groups in total. The lowest BCUT2D eigenvalue weighted by Crippen LogP contribution is -2.41. The molecule has 0 aliphatic carbocycles. The Balaban J connectivity index is 1.43. The third-order valence-corrected chi connectivity index (χ3v) is 5.44. The number of aromatic amines is 1. The van der Waals surface area contributed by atoms with E-state index in [1.54, 1.807) is 4.90 Å². The SMILES string of the molecule is Cn1c(C(F)(F)F)nn(C2CCN(C(=O)Cc3c[nH]c4ccccc34)CC2)c1=O. The van der Waals surface area contributed by atoms with E-state index < -0.39 is 23.7 Å². The molecule has 10 heteroatoms. The number of amides is 1. The van der Waals surface area contributed by atoms with Crippen LogP contribution in [0.4, 0.5) is 13.2 Å². The molecular formula is C19H20F3N5O2. The number of alkyl halides is 3. The second kappa shape index (κ2) is 7.09. The number of rotatable bonds is 3. The highest BCUT2D eigenvalue weighted by Gasteiger charge is 2.39. The number of hydrogen-bond donors (Lipinski definition) is 1. The van der Waals surface area contributed by atoms with E-state index in [1.807, 2.05) is 30.5 Å². The molecule has 0 spiro atoms. The molecule has 1 saturated heterocycles. The summed E-state index contributed by atoms with van der Waals surface area (Å²) in [6.45, 7) is 0.743. The van der Waals surface area contributed by atoms with Gasteiger partial charge in [-0.05, 0) is 24.5 Å². The fourth-order valence-corrected chi connectivity index (χ4v) is 3.85. The Morgan fingerprint density at radius 3 is 2.59 bits per heavy atom. The predicted octanol–water partition coefficient (Wildman–Crippen LogP) is 2.49. The van der Waals surface area contributed by atoms with Gasteiger partial charge in [0.25, 0.3) is 0 Å². The van der Waals surface area contributed by atoms with Gasteiger partial charge in [0.2, 0.25) is 11.7 Å². The average Bonchev–Trinajstić information content (AvgIpc) is 3.23. The van der Waals surface area contributed by atoms with Crippen LogP contribution in [0.5, 0.6) is 0 Å². The Labute approximate surface area is 163 Å². The number of para-hydroxylation sites is 1. The number of fused-ring (bicyclic) bond motifs is 1. The lowest BCUT2D eigenvalue weighted by Gasteiger charge is -2.31. The third kappa shape index (κ3) is 3.54. The van der Waals surface area contributed by atoms with E-state index in [0.717, 1.165) is 28.2 Å². The number of piperidine rings is 1. The monoisotopic (exact) mass is 407 g/mol. The standard InChI is InChI=1S/C19H20F3N5O2/c1-25-17(19(20,21)22)24-27(18(25)29)13-6-8-26(9-7-13)16(28)10-12-11-23-15-5-3-2-4-14(12)15/h2-5,11,13,23H,6-10H2,1H3. The quantitative estimate of drug-likeness (QED) is 0.725. The van der Waals surface area contributed by atoms with Crippen LogP contribution >= 0.6 is 0 Å². The Morgan fingerprint density at radius 2 is 1.93 bits per heavy atom. The molecule has 1 aromatic carbocycles. The number of halogens is 3. The van der Waals surface area contributed by atoms with Crippen molar-refractivity contribution in [3.8, 4) is 0 Å². The molecule has 1 aliphatic heterocycles. The molecule has 1 fully saturated rings. The molecule has 0 atom stereocenters. The summed E-state index contributed by atoms with van der Waals surface area (Å²) in [5.41, 5.74) is 1.08. The maximum atomic E-state index is 13.0. The van der Waals surface area contributed by atoms with Crippen molar-refractivity contribution in [3.05, 3.63) is 52.3 Å². The summed E-state index contributed by atoms with van der Waals surface area (Å²) in [5, 5.41) is 4.50. The number of nitrogens with zero attached hydrogens (tertiary/aromatic N) is 4. The van der Waals surface area contributed by atoms with E-state index in [4.69, 9.17) is 0 Å². The second-order valence-corrected chi connectivity index (χ2v) is 7.26. The number of aromatic nitrogens is 4. The van der Waals surface area contributed by atoms with Crippen molar-refractivity contribution in [2.75, 3.05) is 13.1 Å². The lowest BCUT2D eigenvalue weighted by molar-refractivity contribution is -0.147. The molecule has 29 heavy (non-hydrogen) atoms. The topological polar surface area (TPSA) is 75.9 Å². The lowest BCUT2D eigenvalue weighted by atomic mass is 10.0. The highest BCUT2D eigenvalue weighted by atomic mass is 19.4. The van der Waals surface area contributed by atoms with Crippen LogP contribution in [-0.4, -0.2) is 43.2 Å². The minimum absolute atomic E-state index is 0.0439. The van der Waals surface area contributed by atoms with Crippen LogP contribution in [0.1, 0.15) is 30.3 Å². The van der Waals surface area contributed by atoms with Gasteiger partial charge in [-0.2, -0.15) is 13.2 Å². The molecule has 0 unspecified atom stereocenters. The van der Waals surface area contributed by atoms with Gasteiger partial charge in [0.15, 0.2) is 0 Å². The zero-order valence-electron chi connectivity index (χ0n) is 15.7. The Kier molecular flexibility index (Phi) is 4.71. The summed E-state index contributed by atoms with van der Waals surface area (Å²) >= 11 is 0. The van der Waals surface area contributed by atoms with Crippen molar-refractivity contribution in [2.24, 2.45) is 7.05 Å².